The zero-order chi connectivity index (χ0) is 9.54. The van der Waals surface area contributed by atoms with E-state index in [2.05, 4.69) is 12.1 Å². The van der Waals surface area contributed by atoms with Crippen LogP contribution >= 0.6 is 0 Å². The third-order valence-corrected chi connectivity index (χ3v) is 2.88. The second kappa shape index (κ2) is 2.71. The van der Waals surface area contributed by atoms with Crippen molar-refractivity contribution in [3.63, 3.8) is 0 Å². The first-order valence-corrected chi connectivity index (χ1v) is 4.85. The fourth-order valence-electron chi connectivity index (χ4n) is 2.23. The molecule has 1 aromatic carbocycles. The van der Waals surface area contributed by atoms with Crippen LogP contribution in [0, 0.1) is 0 Å². The van der Waals surface area contributed by atoms with E-state index in [4.69, 9.17) is 4.74 Å². The Balaban J connectivity index is 2.16. The number of rotatable bonds is 0. The van der Waals surface area contributed by atoms with Crippen LogP contribution in [-0.2, 0) is 16.0 Å². The van der Waals surface area contributed by atoms with Gasteiger partial charge in [0, 0.05) is 11.6 Å². The maximum Gasteiger partial charge on any atom is 0.331 e. The van der Waals surface area contributed by atoms with E-state index >= 15 is 0 Å². The van der Waals surface area contributed by atoms with Crippen LogP contribution in [0.2, 0.25) is 0 Å². The third kappa shape index (κ3) is 1.00. The normalized spacial score (nSPS) is 23.6. The molecule has 14 heavy (non-hydrogen) atoms. The molecule has 0 saturated carbocycles. The molecule has 2 heteroatoms. The van der Waals surface area contributed by atoms with Gasteiger partial charge in [0.05, 0.1) is 0 Å². The minimum atomic E-state index is -0.193. The Kier molecular flexibility index (Phi) is 1.51. The van der Waals surface area contributed by atoms with E-state index in [1.54, 1.807) is 6.08 Å². The molecule has 1 aromatic rings. The smallest absolute Gasteiger partial charge is 0.331 e. The van der Waals surface area contributed by atoms with Crippen LogP contribution in [-0.4, -0.2) is 12.1 Å². The first-order valence-electron chi connectivity index (χ1n) is 4.85. The molecule has 0 radical (unpaired) electrons. The number of carbonyl (C=O) groups is 1. The van der Waals surface area contributed by atoms with Crippen LogP contribution in [0.3, 0.4) is 0 Å². The van der Waals surface area contributed by atoms with Gasteiger partial charge in [-0.1, -0.05) is 24.3 Å². The summed E-state index contributed by atoms with van der Waals surface area (Å²) in [7, 11) is 0. The highest BCUT2D eigenvalue weighted by molar-refractivity contribution is 5.98. The minimum absolute atomic E-state index is 0.0115. The Hall–Kier alpha value is -1.57. The van der Waals surface area contributed by atoms with Gasteiger partial charge in [-0.25, -0.2) is 4.79 Å². The summed E-state index contributed by atoms with van der Waals surface area (Å²) in [5.41, 5.74) is 3.58. The predicted octanol–water partition coefficient (Wildman–Crippen LogP) is 1.94. The van der Waals surface area contributed by atoms with Crippen LogP contribution in [0.5, 0.6) is 0 Å². The van der Waals surface area contributed by atoms with Crippen LogP contribution in [0.4, 0.5) is 0 Å². The van der Waals surface area contributed by atoms with Crippen molar-refractivity contribution < 1.29 is 9.53 Å². The molecule has 1 atom stereocenters. The first-order chi connectivity index (χ1) is 6.84. The van der Waals surface area contributed by atoms with Crippen molar-refractivity contribution >= 4 is 11.5 Å². The molecule has 2 nitrogen and oxygen atoms in total. The van der Waals surface area contributed by atoms with Crippen molar-refractivity contribution in [2.45, 2.75) is 18.9 Å². The van der Waals surface area contributed by atoms with Crippen molar-refractivity contribution in [2.24, 2.45) is 0 Å². The molecular weight excluding hydrogens is 176 g/mol. The average molecular weight is 186 g/mol. The van der Waals surface area contributed by atoms with Gasteiger partial charge in [-0.15, -0.1) is 0 Å². The summed E-state index contributed by atoms with van der Waals surface area (Å²) in [6, 6.07) is 8.23. The van der Waals surface area contributed by atoms with E-state index in [9.17, 15) is 4.79 Å². The summed E-state index contributed by atoms with van der Waals surface area (Å²) in [5.74, 6) is -0.193. The Morgan fingerprint density at radius 3 is 3.07 bits per heavy atom. The zero-order valence-electron chi connectivity index (χ0n) is 7.69. The molecule has 1 aliphatic carbocycles. The molecule has 0 N–H and O–H groups in total. The van der Waals surface area contributed by atoms with Gasteiger partial charge in [-0.3, -0.25) is 0 Å². The van der Waals surface area contributed by atoms with E-state index < -0.39 is 0 Å². The molecule has 1 aliphatic heterocycles. The Bertz CT molecular complexity index is 432. The number of ether oxygens (including phenoxy) is 1. The number of aryl methyl sites for hydroxylation is 1. The van der Waals surface area contributed by atoms with Crippen LogP contribution < -0.4 is 0 Å². The minimum Gasteiger partial charge on any atom is -0.454 e. The van der Waals surface area contributed by atoms with Gasteiger partial charge in [-0.2, -0.15) is 0 Å². The third-order valence-electron chi connectivity index (χ3n) is 2.88. The van der Waals surface area contributed by atoms with Crippen molar-refractivity contribution in [1.29, 1.82) is 0 Å². The average Bonchev–Trinajstić information content (AvgIpc) is 2.59. The molecule has 3 rings (SSSR count). The van der Waals surface area contributed by atoms with Gasteiger partial charge in [0.25, 0.3) is 0 Å². The Labute approximate surface area is 82.2 Å². The van der Waals surface area contributed by atoms with Gasteiger partial charge in [0.1, 0.15) is 6.10 Å². The van der Waals surface area contributed by atoms with Crippen LogP contribution in [0.25, 0.3) is 5.57 Å². The number of fused-ring (bicyclic) bond motifs is 3. The predicted molar refractivity (Wildman–Crippen MR) is 52.6 cm³/mol. The molecule has 0 amide bonds. The van der Waals surface area contributed by atoms with Crippen LogP contribution in [0.15, 0.2) is 30.3 Å². The lowest BCUT2D eigenvalue weighted by molar-refractivity contribution is -0.138. The molecular formula is C12H10O2. The highest BCUT2D eigenvalue weighted by atomic mass is 16.5. The van der Waals surface area contributed by atoms with Crippen molar-refractivity contribution in [2.75, 3.05) is 0 Å². The summed E-state index contributed by atoms with van der Waals surface area (Å²) in [6.07, 6.45) is 3.57. The summed E-state index contributed by atoms with van der Waals surface area (Å²) < 4.78 is 5.19. The van der Waals surface area contributed by atoms with Gasteiger partial charge in [-0.05, 0) is 24.0 Å². The number of carbonyl (C=O) groups excluding carboxylic acids is 1. The SMILES string of the molecule is O=C1C=C2c3ccccc3CCC2O1. The topological polar surface area (TPSA) is 26.3 Å². The second-order valence-electron chi connectivity index (χ2n) is 3.72. The zero-order valence-corrected chi connectivity index (χ0v) is 7.69. The lowest BCUT2D eigenvalue weighted by Gasteiger charge is -2.22. The van der Waals surface area contributed by atoms with E-state index in [1.165, 1.54) is 11.1 Å². The molecule has 0 aromatic heterocycles. The van der Waals surface area contributed by atoms with Crippen molar-refractivity contribution in [3.05, 3.63) is 41.5 Å². The lowest BCUT2D eigenvalue weighted by atomic mass is 9.86. The summed E-state index contributed by atoms with van der Waals surface area (Å²) in [5, 5.41) is 0. The highest BCUT2D eigenvalue weighted by Crippen LogP contribution is 2.35. The van der Waals surface area contributed by atoms with Crippen LogP contribution in [0.1, 0.15) is 17.5 Å². The molecule has 0 spiro atoms. The second-order valence-corrected chi connectivity index (χ2v) is 3.72. The number of esters is 1. The molecule has 1 unspecified atom stereocenters. The molecule has 0 bridgehead atoms. The maximum atomic E-state index is 11.1. The largest absolute Gasteiger partial charge is 0.454 e. The van der Waals surface area contributed by atoms with Crippen molar-refractivity contribution in [1.82, 2.24) is 0 Å². The fraction of sp³-hybridized carbons (Fsp3) is 0.250. The molecule has 0 saturated heterocycles. The first kappa shape index (κ1) is 7.80. The Morgan fingerprint density at radius 2 is 2.14 bits per heavy atom. The van der Waals surface area contributed by atoms with Gasteiger partial charge in [0.2, 0.25) is 0 Å². The van der Waals surface area contributed by atoms with Crippen molar-refractivity contribution in [3.8, 4) is 0 Å². The summed E-state index contributed by atoms with van der Waals surface area (Å²) in [6.45, 7) is 0. The maximum absolute atomic E-state index is 11.1. The molecule has 1 heterocycles. The monoisotopic (exact) mass is 186 g/mol. The number of benzene rings is 1. The van der Waals surface area contributed by atoms with E-state index in [1.807, 2.05) is 12.1 Å². The quantitative estimate of drug-likeness (QED) is 0.579. The standard InChI is InChI=1S/C12H10O2/c13-12-7-10-9-4-2-1-3-8(9)5-6-11(10)14-12/h1-4,7,11H,5-6H2. The molecule has 70 valence electrons. The molecule has 0 fully saturated rings. The van der Waals surface area contributed by atoms with E-state index in [0.29, 0.717) is 0 Å². The number of hydrogen-bond acceptors (Lipinski definition) is 2. The lowest BCUT2D eigenvalue weighted by Crippen LogP contribution is -2.17. The van der Waals surface area contributed by atoms with Gasteiger partial charge < -0.3 is 4.74 Å². The van der Waals surface area contributed by atoms with Gasteiger partial charge in [0.15, 0.2) is 0 Å². The van der Waals surface area contributed by atoms with E-state index in [-0.39, 0.29) is 12.1 Å². The summed E-state index contributed by atoms with van der Waals surface area (Å²) in [4.78, 5) is 11.1. The number of hydrogen-bond donors (Lipinski definition) is 0. The fourth-order valence-corrected chi connectivity index (χ4v) is 2.23. The summed E-state index contributed by atoms with van der Waals surface area (Å²) >= 11 is 0. The molecule has 2 aliphatic rings. The Morgan fingerprint density at radius 1 is 1.29 bits per heavy atom. The highest BCUT2D eigenvalue weighted by Gasteiger charge is 2.31. The van der Waals surface area contributed by atoms with Gasteiger partial charge >= 0.3 is 5.97 Å². The van der Waals surface area contributed by atoms with E-state index in [0.717, 1.165) is 18.4 Å².